The molecule has 6 rings (SSSR count). The lowest BCUT2D eigenvalue weighted by molar-refractivity contribution is -0.133. The number of amides is 1. The Labute approximate surface area is 184 Å². The van der Waals surface area contributed by atoms with E-state index in [9.17, 15) is 4.79 Å². The van der Waals surface area contributed by atoms with E-state index < -0.39 is 0 Å². The molecule has 1 aliphatic carbocycles. The van der Waals surface area contributed by atoms with E-state index in [4.69, 9.17) is 4.52 Å². The lowest BCUT2D eigenvalue weighted by Gasteiger charge is -2.23. The van der Waals surface area contributed by atoms with Crippen LogP contribution >= 0.6 is 0 Å². The van der Waals surface area contributed by atoms with Crippen molar-refractivity contribution in [3.05, 3.63) is 72.4 Å². The predicted molar refractivity (Wildman–Crippen MR) is 116 cm³/mol. The third-order valence-electron chi connectivity index (χ3n) is 6.50. The van der Waals surface area contributed by atoms with Gasteiger partial charge in [-0.3, -0.25) is 4.79 Å². The fourth-order valence-electron chi connectivity index (χ4n) is 4.54. The molecule has 0 bridgehead atoms. The van der Waals surface area contributed by atoms with E-state index >= 15 is 0 Å². The summed E-state index contributed by atoms with van der Waals surface area (Å²) in [5, 5.41) is 12.6. The molecule has 0 unspecified atom stereocenters. The lowest BCUT2D eigenvalue weighted by Crippen LogP contribution is -2.38. The highest BCUT2D eigenvalue weighted by Gasteiger charge is 2.53. The maximum Gasteiger partial charge on any atom is 0.280 e. The van der Waals surface area contributed by atoms with Crippen LogP contribution in [0.5, 0.6) is 0 Å². The maximum atomic E-state index is 13.3. The molecule has 8 nitrogen and oxygen atoms in total. The SMILES string of the molecule is O=C(N1CC[C@@H](n2cc(-c3nc(-c4ccccc4)no3)nn2)C1)C1(c2ccccc2)CC1. The summed E-state index contributed by atoms with van der Waals surface area (Å²) in [6.45, 7) is 1.36. The van der Waals surface area contributed by atoms with E-state index in [2.05, 4.69) is 32.6 Å². The van der Waals surface area contributed by atoms with Gasteiger partial charge in [0.2, 0.25) is 11.7 Å². The molecule has 0 N–H and O–H groups in total. The summed E-state index contributed by atoms with van der Waals surface area (Å²) in [6, 6.07) is 19.9. The minimum absolute atomic E-state index is 0.0864. The standard InChI is InChI=1S/C24H22N6O2/c31-23(24(12-13-24)18-9-5-2-6-10-18)29-14-11-19(15-29)30-16-20(26-28-30)22-25-21(27-32-22)17-7-3-1-4-8-17/h1-10,16,19H,11-15H2/t19-/m1/s1. The molecular formula is C24H22N6O2. The molecular weight excluding hydrogens is 404 g/mol. The van der Waals surface area contributed by atoms with Crippen LogP contribution in [0.4, 0.5) is 0 Å². The highest BCUT2D eigenvalue weighted by atomic mass is 16.5. The third kappa shape index (κ3) is 3.19. The zero-order chi connectivity index (χ0) is 21.5. The van der Waals surface area contributed by atoms with Crippen LogP contribution in [0.2, 0.25) is 0 Å². The van der Waals surface area contributed by atoms with E-state index in [0.29, 0.717) is 24.0 Å². The Hall–Kier alpha value is -3.81. The Morgan fingerprint density at radius 1 is 1.03 bits per heavy atom. The Morgan fingerprint density at radius 3 is 2.53 bits per heavy atom. The van der Waals surface area contributed by atoms with Gasteiger partial charge in [-0.1, -0.05) is 71.0 Å². The Bertz CT molecular complexity index is 1250. The predicted octanol–water partition coefficient (Wildman–Crippen LogP) is 3.50. The molecule has 0 radical (unpaired) electrons. The molecule has 4 aromatic rings. The first-order valence-electron chi connectivity index (χ1n) is 10.9. The third-order valence-corrected chi connectivity index (χ3v) is 6.50. The maximum absolute atomic E-state index is 13.3. The van der Waals surface area contributed by atoms with Crippen LogP contribution in [-0.2, 0) is 10.2 Å². The number of carbonyl (C=O) groups is 1. The number of aromatic nitrogens is 5. The number of likely N-dealkylation sites (tertiary alicyclic amines) is 1. The van der Waals surface area contributed by atoms with Crippen molar-refractivity contribution in [2.75, 3.05) is 13.1 Å². The van der Waals surface area contributed by atoms with Crippen LogP contribution < -0.4 is 0 Å². The second-order valence-corrected chi connectivity index (χ2v) is 8.51. The van der Waals surface area contributed by atoms with Crippen molar-refractivity contribution in [3.8, 4) is 23.0 Å². The van der Waals surface area contributed by atoms with Crippen LogP contribution in [0.3, 0.4) is 0 Å². The Morgan fingerprint density at radius 2 is 1.78 bits per heavy atom. The van der Waals surface area contributed by atoms with Gasteiger partial charge in [0.25, 0.3) is 5.89 Å². The van der Waals surface area contributed by atoms with Crippen LogP contribution in [0.15, 0.2) is 71.4 Å². The minimum Gasteiger partial charge on any atom is -0.340 e. The molecule has 8 heteroatoms. The molecule has 1 saturated carbocycles. The van der Waals surface area contributed by atoms with Gasteiger partial charge in [0, 0.05) is 18.7 Å². The zero-order valence-corrected chi connectivity index (χ0v) is 17.5. The Balaban J connectivity index is 1.16. The summed E-state index contributed by atoms with van der Waals surface area (Å²) in [5.74, 6) is 1.08. The van der Waals surface area contributed by atoms with Crippen molar-refractivity contribution in [2.24, 2.45) is 0 Å². The fraction of sp³-hybridized carbons (Fsp3) is 0.292. The normalized spacial score (nSPS) is 19.2. The summed E-state index contributed by atoms with van der Waals surface area (Å²) < 4.78 is 7.22. The first kappa shape index (κ1) is 18.9. The zero-order valence-electron chi connectivity index (χ0n) is 17.5. The molecule has 2 aromatic carbocycles. The minimum atomic E-state index is -0.332. The van der Waals surface area contributed by atoms with Crippen LogP contribution in [0.1, 0.15) is 30.9 Å². The number of rotatable bonds is 5. The van der Waals surface area contributed by atoms with Gasteiger partial charge in [-0.05, 0) is 24.8 Å². The first-order chi connectivity index (χ1) is 15.7. The summed E-state index contributed by atoms with van der Waals surface area (Å²) >= 11 is 0. The van der Waals surface area contributed by atoms with Gasteiger partial charge < -0.3 is 9.42 Å². The van der Waals surface area contributed by atoms with Crippen LogP contribution in [0, 0.1) is 0 Å². The highest BCUT2D eigenvalue weighted by molar-refractivity contribution is 5.91. The van der Waals surface area contributed by atoms with E-state index in [-0.39, 0.29) is 17.4 Å². The average Bonchev–Trinajstić information content (AvgIpc) is 3.24. The van der Waals surface area contributed by atoms with Gasteiger partial charge in [-0.15, -0.1) is 5.10 Å². The van der Waals surface area contributed by atoms with Gasteiger partial charge in [-0.2, -0.15) is 4.98 Å². The largest absolute Gasteiger partial charge is 0.340 e. The average molecular weight is 426 g/mol. The van der Waals surface area contributed by atoms with Crippen molar-refractivity contribution in [2.45, 2.75) is 30.7 Å². The number of hydrogen-bond acceptors (Lipinski definition) is 6. The lowest BCUT2D eigenvalue weighted by atomic mass is 9.94. The topological polar surface area (TPSA) is 89.9 Å². The first-order valence-corrected chi connectivity index (χ1v) is 10.9. The van der Waals surface area contributed by atoms with Crippen LogP contribution in [-0.4, -0.2) is 49.0 Å². The smallest absolute Gasteiger partial charge is 0.280 e. The monoisotopic (exact) mass is 426 g/mol. The fourth-order valence-corrected chi connectivity index (χ4v) is 4.54. The van der Waals surface area contributed by atoms with E-state index in [1.807, 2.05) is 64.3 Å². The van der Waals surface area contributed by atoms with Gasteiger partial charge in [-0.25, -0.2) is 4.68 Å². The van der Waals surface area contributed by atoms with Gasteiger partial charge in [0.05, 0.1) is 17.7 Å². The number of hydrogen-bond donors (Lipinski definition) is 0. The van der Waals surface area contributed by atoms with Crippen molar-refractivity contribution in [3.63, 3.8) is 0 Å². The second kappa shape index (κ2) is 7.40. The number of benzene rings is 2. The summed E-state index contributed by atoms with van der Waals surface area (Å²) in [4.78, 5) is 19.7. The van der Waals surface area contributed by atoms with Crippen molar-refractivity contribution in [1.82, 2.24) is 30.0 Å². The summed E-state index contributed by atoms with van der Waals surface area (Å²) in [5.41, 5.74) is 2.21. The van der Waals surface area contributed by atoms with Crippen LogP contribution in [0.25, 0.3) is 23.0 Å². The molecule has 1 aliphatic heterocycles. The number of carbonyl (C=O) groups excluding carboxylic acids is 1. The molecule has 3 heterocycles. The van der Waals surface area contributed by atoms with E-state index in [1.54, 1.807) is 0 Å². The highest BCUT2D eigenvalue weighted by Crippen LogP contribution is 2.50. The molecule has 2 fully saturated rings. The van der Waals surface area contributed by atoms with Gasteiger partial charge >= 0.3 is 0 Å². The quantitative estimate of drug-likeness (QED) is 0.485. The van der Waals surface area contributed by atoms with Crippen molar-refractivity contribution < 1.29 is 9.32 Å². The van der Waals surface area contributed by atoms with Crippen molar-refractivity contribution >= 4 is 5.91 Å². The Kier molecular flexibility index (Phi) is 4.38. The number of nitrogens with zero attached hydrogens (tertiary/aromatic N) is 6. The van der Waals surface area contributed by atoms with Gasteiger partial charge in [0.1, 0.15) is 0 Å². The second-order valence-electron chi connectivity index (χ2n) is 8.51. The molecule has 160 valence electrons. The van der Waals surface area contributed by atoms with E-state index in [0.717, 1.165) is 36.9 Å². The molecule has 1 atom stereocenters. The molecule has 32 heavy (non-hydrogen) atoms. The molecule has 1 saturated heterocycles. The molecule has 1 amide bonds. The summed E-state index contributed by atoms with van der Waals surface area (Å²) in [7, 11) is 0. The molecule has 2 aromatic heterocycles. The molecule has 0 spiro atoms. The molecule has 2 aliphatic rings. The van der Waals surface area contributed by atoms with Crippen molar-refractivity contribution in [1.29, 1.82) is 0 Å². The summed E-state index contributed by atoms with van der Waals surface area (Å²) in [6.07, 6.45) is 4.51. The van der Waals surface area contributed by atoms with Gasteiger partial charge in [0.15, 0.2) is 5.69 Å². The van der Waals surface area contributed by atoms with E-state index in [1.165, 1.54) is 0 Å².